The van der Waals surface area contributed by atoms with Crippen LogP contribution in [0.2, 0.25) is 0 Å². The average Bonchev–Trinajstić information content (AvgIpc) is 3.11. The van der Waals surface area contributed by atoms with Crippen molar-refractivity contribution in [3.8, 4) is 11.5 Å². The molecule has 1 fully saturated rings. The molecule has 2 aliphatic heterocycles. The van der Waals surface area contributed by atoms with Gasteiger partial charge in [-0.25, -0.2) is 8.42 Å². The minimum atomic E-state index is -3.52. The summed E-state index contributed by atoms with van der Waals surface area (Å²) in [5.74, 6) is 1.39. The molecule has 0 amide bonds. The third-order valence-electron chi connectivity index (χ3n) is 4.62. The Kier molecular flexibility index (Phi) is 4.35. The second-order valence-electron chi connectivity index (χ2n) is 6.35. The number of rotatable bonds is 4. The minimum Gasteiger partial charge on any atom is -0.486 e. The fourth-order valence-corrected chi connectivity index (χ4v) is 4.88. The minimum absolute atomic E-state index is 0.259. The van der Waals surface area contributed by atoms with Gasteiger partial charge in [-0.3, -0.25) is 4.98 Å². The molecule has 2 aromatic rings. The molecule has 0 bridgehead atoms. The molecule has 0 spiro atoms. The fourth-order valence-electron chi connectivity index (χ4n) is 3.33. The molecule has 1 saturated heterocycles. The highest BCUT2D eigenvalue weighted by Gasteiger charge is 2.33. The molecule has 0 saturated carbocycles. The predicted molar refractivity (Wildman–Crippen MR) is 92.2 cm³/mol. The number of aromatic nitrogens is 1. The van der Waals surface area contributed by atoms with Gasteiger partial charge in [-0.1, -0.05) is 6.07 Å². The van der Waals surface area contributed by atoms with Gasteiger partial charge in [0, 0.05) is 31.0 Å². The van der Waals surface area contributed by atoms with Gasteiger partial charge in [-0.15, -0.1) is 0 Å². The van der Waals surface area contributed by atoms with Gasteiger partial charge < -0.3 is 9.47 Å². The van der Waals surface area contributed by atoms with Crippen LogP contribution in [-0.4, -0.2) is 44.0 Å². The third-order valence-corrected chi connectivity index (χ3v) is 6.49. The van der Waals surface area contributed by atoms with Gasteiger partial charge in [0.15, 0.2) is 11.5 Å². The zero-order chi connectivity index (χ0) is 17.3. The van der Waals surface area contributed by atoms with Crippen LogP contribution >= 0.6 is 0 Å². The van der Waals surface area contributed by atoms with Crippen molar-refractivity contribution < 1.29 is 17.9 Å². The van der Waals surface area contributed by atoms with Crippen LogP contribution in [0.4, 0.5) is 0 Å². The Morgan fingerprint density at radius 3 is 2.76 bits per heavy atom. The van der Waals surface area contributed by atoms with Crippen LogP contribution in [-0.2, 0) is 16.4 Å². The quantitative estimate of drug-likeness (QED) is 0.835. The molecule has 0 N–H and O–H groups in total. The number of ether oxygens (including phenoxy) is 2. The van der Waals surface area contributed by atoms with E-state index in [0.717, 1.165) is 18.5 Å². The predicted octanol–water partition coefficient (Wildman–Crippen LogP) is 2.11. The molecule has 1 unspecified atom stereocenters. The number of hydrogen-bond acceptors (Lipinski definition) is 5. The fraction of sp³-hybridized carbons (Fsp3) is 0.389. The number of pyridine rings is 1. The SMILES string of the molecule is O=S(=O)(c1ccc2c(c1)OCCO2)N1CCC(Cc2ccccn2)C1. The summed E-state index contributed by atoms with van der Waals surface area (Å²) in [6, 6.07) is 10.7. The summed E-state index contributed by atoms with van der Waals surface area (Å²) in [6.07, 6.45) is 3.42. The highest BCUT2D eigenvalue weighted by atomic mass is 32.2. The lowest BCUT2D eigenvalue weighted by Gasteiger charge is -2.21. The van der Waals surface area contributed by atoms with E-state index in [1.54, 1.807) is 28.7 Å². The maximum Gasteiger partial charge on any atom is 0.243 e. The Morgan fingerprint density at radius 2 is 1.96 bits per heavy atom. The lowest BCUT2D eigenvalue weighted by atomic mass is 10.0. The Labute approximate surface area is 147 Å². The second kappa shape index (κ2) is 6.65. The maximum absolute atomic E-state index is 12.9. The topological polar surface area (TPSA) is 68.7 Å². The molecule has 6 nitrogen and oxygen atoms in total. The van der Waals surface area contributed by atoms with E-state index in [0.29, 0.717) is 43.7 Å². The van der Waals surface area contributed by atoms with Gasteiger partial charge in [0.2, 0.25) is 10.0 Å². The molecule has 0 radical (unpaired) electrons. The highest BCUT2D eigenvalue weighted by Crippen LogP contribution is 2.34. The lowest BCUT2D eigenvalue weighted by molar-refractivity contribution is 0.171. The summed E-state index contributed by atoms with van der Waals surface area (Å²) in [5, 5.41) is 0. The van der Waals surface area contributed by atoms with Crippen LogP contribution in [0.25, 0.3) is 0 Å². The van der Waals surface area contributed by atoms with Gasteiger partial charge in [0.25, 0.3) is 0 Å². The highest BCUT2D eigenvalue weighted by molar-refractivity contribution is 7.89. The van der Waals surface area contributed by atoms with Crippen molar-refractivity contribution in [1.82, 2.24) is 9.29 Å². The molecule has 1 aromatic heterocycles. The van der Waals surface area contributed by atoms with Gasteiger partial charge in [-0.2, -0.15) is 4.31 Å². The van der Waals surface area contributed by atoms with E-state index < -0.39 is 10.0 Å². The molecule has 25 heavy (non-hydrogen) atoms. The van der Waals surface area contributed by atoms with Crippen molar-refractivity contribution in [2.75, 3.05) is 26.3 Å². The summed E-state index contributed by atoms with van der Waals surface area (Å²) in [4.78, 5) is 4.60. The molecule has 3 heterocycles. The first-order chi connectivity index (χ1) is 12.1. The number of fused-ring (bicyclic) bond motifs is 1. The number of sulfonamides is 1. The summed E-state index contributed by atoms with van der Waals surface area (Å²) < 4.78 is 38.4. The van der Waals surface area contributed by atoms with Crippen molar-refractivity contribution in [1.29, 1.82) is 0 Å². The first kappa shape index (κ1) is 16.4. The molecule has 1 atom stereocenters. The monoisotopic (exact) mass is 360 g/mol. The van der Waals surface area contributed by atoms with Crippen molar-refractivity contribution in [3.05, 3.63) is 48.3 Å². The standard InChI is InChI=1S/C18H20N2O4S/c21-25(22,16-4-5-17-18(12-16)24-10-9-23-17)20-8-6-14(13-20)11-15-3-1-2-7-19-15/h1-5,7,12,14H,6,8-11,13H2. The summed E-state index contributed by atoms with van der Waals surface area (Å²) in [7, 11) is -3.52. The second-order valence-corrected chi connectivity index (χ2v) is 8.29. The van der Waals surface area contributed by atoms with Crippen molar-refractivity contribution in [2.24, 2.45) is 5.92 Å². The van der Waals surface area contributed by atoms with Crippen molar-refractivity contribution >= 4 is 10.0 Å². The van der Waals surface area contributed by atoms with Gasteiger partial charge in [0.05, 0.1) is 4.90 Å². The lowest BCUT2D eigenvalue weighted by Crippen LogP contribution is -2.29. The van der Waals surface area contributed by atoms with E-state index in [-0.39, 0.29) is 4.90 Å². The van der Waals surface area contributed by atoms with Crippen molar-refractivity contribution in [3.63, 3.8) is 0 Å². The first-order valence-electron chi connectivity index (χ1n) is 8.42. The first-order valence-corrected chi connectivity index (χ1v) is 9.86. The van der Waals surface area contributed by atoms with Crippen LogP contribution in [0.15, 0.2) is 47.5 Å². The van der Waals surface area contributed by atoms with E-state index in [1.807, 2.05) is 18.2 Å². The Balaban J connectivity index is 1.49. The van der Waals surface area contributed by atoms with E-state index in [4.69, 9.17) is 9.47 Å². The molecular formula is C18H20N2O4S. The van der Waals surface area contributed by atoms with Crippen molar-refractivity contribution in [2.45, 2.75) is 17.7 Å². The van der Waals surface area contributed by atoms with Crippen LogP contribution in [0.3, 0.4) is 0 Å². The molecule has 1 aromatic carbocycles. The van der Waals surface area contributed by atoms with Crippen LogP contribution in [0.5, 0.6) is 11.5 Å². The van der Waals surface area contributed by atoms with Crippen LogP contribution < -0.4 is 9.47 Å². The summed E-state index contributed by atoms with van der Waals surface area (Å²) in [6.45, 7) is 1.98. The zero-order valence-corrected chi connectivity index (χ0v) is 14.6. The Morgan fingerprint density at radius 1 is 1.12 bits per heavy atom. The molecule has 132 valence electrons. The Hall–Kier alpha value is -2.12. The number of benzene rings is 1. The molecule has 4 rings (SSSR count). The number of nitrogens with zero attached hydrogens (tertiary/aromatic N) is 2. The van der Waals surface area contributed by atoms with Gasteiger partial charge >= 0.3 is 0 Å². The van der Waals surface area contributed by atoms with E-state index in [9.17, 15) is 8.42 Å². The van der Waals surface area contributed by atoms with Gasteiger partial charge in [-0.05, 0) is 43.0 Å². The maximum atomic E-state index is 12.9. The Bertz CT molecular complexity index is 855. The smallest absolute Gasteiger partial charge is 0.243 e. The molecule has 2 aliphatic rings. The molecular weight excluding hydrogens is 340 g/mol. The largest absolute Gasteiger partial charge is 0.486 e. The zero-order valence-electron chi connectivity index (χ0n) is 13.8. The summed E-state index contributed by atoms with van der Waals surface area (Å²) in [5.41, 5.74) is 1.01. The molecule has 0 aliphatic carbocycles. The van der Waals surface area contributed by atoms with Crippen LogP contribution in [0, 0.1) is 5.92 Å². The third kappa shape index (κ3) is 3.34. The van der Waals surface area contributed by atoms with E-state index in [1.165, 1.54) is 0 Å². The van der Waals surface area contributed by atoms with Gasteiger partial charge in [0.1, 0.15) is 13.2 Å². The number of hydrogen-bond donors (Lipinski definition) is 0. The van der Waals surface area contributed by atoms with E-state index >= 15 is 0 Å². The average molecular weight is 360 g/mol. The molecule has 7 heteroatoms. The normalized spacial score (nSPS) is 20.6. The summed E-state index contributed by atoms with van der Waals surface area (Å²) >= 11 is 0. The van der Waals surface area contributed by atoms with Crippen LogP contribution in [0.1, 0.15) is 12.1 Å². The van der Waals surface area contributed by atoms with E-state index in [2.05, 4.69) is 4.98 Å².